The van der Waals surface area contributed by atoms with E-state index in [9.17, 15) is 4.79 Å². The van der Waals surface area contributed by atoms with E-state index in [4.69, 9.17) is 9.47 Å². The van der Waals surface area contributed by atoms with Crippen molar-refractivity contribution in [2.45, 2.75) is 0 Å². The number of carbonyl (C=O) groups excluding carboxylic acids is 1. The molecule has 112 valence electrons. The Hall–Kier alpha value is -2.93. The molecule has 2 aromatic carbocycles. The Labute approximate surface area is 130 Å². The minimum Gasteiger partial charge on any atom is -0.496 e. The van der Waals surface area contributed by atoms with Gasteiger partial charge in [-0.1, -0.05) is 36.1 Å². The van der Waals surface area contributed by atoms with Crippen LogP contribution in [0.15, 0.2) is 48.5 Å². The first-order valence-electron chi connectivity index (χ1n) is 6.79. The first-order valence-corrected chi connectivity index (χ1v) is 6.79. The highest BCUT2D eigenvalue weighted by molar-refractivity contribution is 5.97. The van der Waals surface area contributed by atoms with Gasteiger partial charge in [0.15, 0.2) is 0 Å². The Kier molecular flexibility index (Phi) is 5.44. The van der Waals surface area contributed by atoms with E-state index in [-0.39, 0.29) is 12.5 Å². The second-order valence-corrected chi connectivity index (χ2v) is 4.39. The Bertz CT molecular complexity index is 714. The van der Waals surface area contributed by atoms with E-state index in [1.54, 1.807) is 25.3 Å². The summed E-state index contributed by atoms with van der Waals surface area (Å²) in [5.41, 5.74) is 1.28. The molecule has 0 radical (unpaired) electrons. The number of benzene rings is 2. The summed E-state index contributed by atoms with van der Waals surface area (Å²) in [4.78, 5) is 12.1. The third-order valence-corrected chi connectivity index (χ3v) is 3.02. The summed E-state index contributed by atoms with van der Waals surface area (Å²) >= 11 is 0. The SMILES string of the molecule is COc1ccccc1C#CCNC(=O)c1ccccc1OC. The molecule has 2 aromatic rings. The number of methoxy groups -OCH3 is 2. The van der Waals surface area contributed by atoms with Crippen molar-refractivity contribution >= 4 is 5.91 Å². The molecule has 0 aliphatic rings. The number of hydrogen-bond acceptors (Lipinski definition) is 3. The summed E-state index contributed by atoms with van der Waals surface area (Å²) < 4.78 is 10.4. The van der Waals surface area contributed by atoms with Gasteiger partial charge < -0.3 is 14.8 Å². The van der Waals surface area contributed by atoms with E-state index in [1.165, 1.54) is 7.11 Å². The van der Waals surface area contributed by atoms with E-state index >= 15 is 0 Å². The minimum absolute atomic E-state index is 0.216. The van der Waals surface area contributed by atoms with Crippen molar-refractivity contribution < 1.29 is 14.3 Å². The van der Waals surface area contributed by atoms with Gasteiger partial charge in [0.05, 0.1) is 31.9 Å². The van der Waals surface area contributed by atoms with E-state index in [1.807, 2.05) is 30.3 Å². The number of hydrogen-bond donors (Lipinski definition) is 1. The molecule has 2 rings (SSSR count). The van der Waals surface area contributed by atoms with Crippen molar-refractivity contribution in [3.8, 4) is 23.3 Å². The number of rotatable bonds is 4. The summed E-state index contributed by atoms with van der Waals surface area (Å²) in [6.45, 7) is 0.245. The molecule has 22 heavy (non-hydrogen) atoms. The van der Waals surface area contributed by atoms with Crippen molar-refractivity contribution in [3.63, 3.8) is 0 Å². The maximum absolute atomic E-state index is 12.1. The maximum Gasteiger partial charge on any atom is 0.255 e. The van der Waals surface area contributed by atoms with Gasteiger partial charge in [-0.25, -0.2) is 0 Å². The fourth-order valence-corrected chi connectivity index (χ4v) is 1.94. The molecule has 4 heteroatoms. The molecule has 0 heterocycles. The Morgan fingerprint density at radius 1 is 1.00 bits per heavy atom. The molecular formula is C18H17NO3. The van der Waals surface area contributed by atoms with Crippen LogP contribution in [0.3, 0.4) is 0 Å². The molecule has 0 atom stereocenters. The van der Waals surface area contributed by atoms with Crippen LogP contribution in [0.1, 0.15) is 15.9 Å². The lowest BCUT2D eigenvalue weighted by molar-refractivity contribution is 0.0955. The van der Waals surface area contributed by atoms with Gasteiger partial charge in [-0.2, -0.15) is 0 Å². The summed E-state index contributed by atoms with van der Waals surface area (Å²) in [7, 11) is 3.14. The van der Waals surface area contributed by atoms with Crippen LogP contribution in [0, 0.1) is 11.8 Å². The normalized spacial score (nSPS) is 9.36. The van der Waals surface area contributed by atoms with E-state index in [0.717, 1.165) is 5.56 Å². The largest absolute Gasteiger partial charge is 0.496 e. The third-order valence-electron chi connectivity index (χ3n) is 3.02. The number of para-hydroxylation sites is 2. The van der Waals surface area contributed by atoms with Crippen LogP contribution >= 0.6 is 0 Å². The highest BCUT2D eigenvalue weighted by atomic mass is 16.5. The molecule has 4 nitrogen and oxygen atoms in total. The van der Waals surface area contributed by atoms with Crippen molar-refractivity contribution in [3.05, 3.63) is 59.7 Å². The molecule has 0 fully saturated rings. The van der Waals surface area contributed by atoms with Crippen molar-refractivity contribution in [1.29, 1.82) is 0 Å². The van der Waals surface area contributed by atoms with Crippen LogP contribution in [-0.2, 0) is 0 Å². The first-order chi connectivity index (χ1) is 10.8. The van der Waals surface area contributed by atoms with Gasteiger partial charge >= 0.3 is 0 Å². The zero-order valence-electron chi connectivity index (χ0n) is 12.6. The van der Waals surface area contributed by atoms with Crippen LogP contribution in [-0.4, -0.2) is 26.7 Å². The van der Waals surface area contributed by atoms with Gasteiger partial charge in [0.25, 0.3) is 5.91 Å². The van der Waals surface area contributed by atoms with Gasteiger partial charge in [-0.15, -0.1) is 0 Å². The number of ether oxygens (including phenoxy) is 2. The van der Waals surface area contributed by atoms with E-state index < -0.39 is 0 Å². The highest BCUT2D eigenvalue weighted by Crippen LogP contribution is 2.17. The quantitative estimate of drug-likeness (QED) is 0.882. The smallest absolute Gasteiger partial charge is 0.255 e. The van der Waals surface area contributed by atoms with Crippen LogP contribution < -0.4 is 14.8 Å². The lowest BCUT2D eigenvalue weighted by atomic mass is 10.2. The highest BCUT2D eigenvalue weighted by Gasteiger charge is 2.09. The van der Waals surface area contributed by atoms with Crippen molar-refractivity contribution in [1.82, 2.24) is 5.32 Å². The summed E-state index contributed by atoms with van der Waals surface area (Å²) in [5, 5.41) is 2.75. The zero-order chi connectivity index (χ0) is 15.8. The second kappa shape index (κ2) is 7.75. The van der Waals surface area contributed by atoms with Crippen molar-refractivity contribution in [2.75, 3.05) is 20.8 Å². The predicted molar refractivity (Wildman–Crippen MR) is 85.2 cm³/mol. The topological polar surface area (TPSA) is 47.6 Å². The molecule has 0 saturated heterocycles. The van der Waals surface area contributed by atoms with Gasteiger partial charge in [-0.05, 0) is 24.3 Å². The summed E-state index contributed by atoms with van der Waals surface area (Å²) in [5.74, 6) is 6.93. The van der Waals surface area contributed by atoms with Gasteiger partial charge in [-0.3, -0.25) is 4.79 Å². The molecule has 0 spiro atoms. The molecule has 0 aliphatic heterocycles. The molecule has 1 amide bonds. The standard InChI is InChI=1S/C18H17NO3/c1-21-16-11-5-3-8-14(16)9-7-13-19-18(20)15-10-4-6-12-17(15)22-2/h3-6,8,10-12H,13H2,1-2H3,(H,19,20). The number of amides is 1. The monoisotopic (exact) mass is 295 g/mol. The molecular weight excluding hydrogens is 278 g/mol. The zero-order valence-corrected chi connectivity index (χ0v) is 12.6. The Balaban J connectivity index is 2.00. The Morgan fingerprint density at radius 2 is 1.64 bits per heavy atom. The van der Waals surface area contributed by atoms with Crippen LogP contribution in [0.2, 0.25) is 0 Å². The first kappa shape index (κ1) is 15.5. The van der Waals surface area contributed by atoms with Crippen LogP contribution in [0.5, 0.6) is 11.5 Å². The van der Waals surface area contributed by atoms with Crippen LogP contribution in [0.4, 0.5) is 0 Å². The van der Waals surface area contributed by atoms with Gasteiger partial charge in [0.1, 0.15) is 11.5 Å². The lowest BCUT2D eigenvalue weighted by Crippen LogP contribution is -2.24. The average molecular weight is 295 g/mol. The summed E-state index contributed by atoms with van der Waals surface area (Å²) in [6, 6.07) is 14.5. The molecule has 0 aliphatic carbocycles. The van der Waals surface area contributed by atoms with E-state index in [0.29, 0.717) is 17.1 Å². The molecule has 0 aromatic heterocycles. The van der Waals surface area contributed by atoms with Gasteiger partial charge in [0, 0.05) is 0 Å². The molecule has 0 saturated carbocycles. The van der Waals surface area contributed by atoms with E-state index in [2.05, 4.69) is 17.2 Å². The maximum atomic E-state index is 12.1. The number of carbonyl (C=O) groups is 1. The average Bonchev–Trinajstić information content (AvgIpc) is 2.58. The molecule has 0 bridgehead atoms. The third kappa shape index (κ3) is 3.80. The lowest BCUT2D eigenvalue weighted by Gasteiger charge is -2.07. The fourth-order valence-electron chi connectivity index (χ4n) is 1.94. The molecule has 0 unspecified atom stereocenters. The Morgan fingerprint density at radius 3 is 2.36 bits per heavy atom. The molecule has 1 N–H and O–H groups in total. The minimum atomic E-state index is -0.216. The predicted octanol–water partition coefficient (Wildman–Crippen LogP) is 2.49. The number of nitrogens with one attached hydrogen (secondary N) is 1. The fraction of sp³-hybridized carbons (Fsp3) is 0.167. The van der Waals surface area contributed by atoms with Crippen LogP contribution in [0.25, 0.3) is 0 Å². The second-order valence-electron chi connectivity index (χ2n) is 4.39. The van der Waals surface area contributed by atoms with Crippen molar-refractivity contribution in [2.24, 2.45) is 0 Å². The van der Waals surface area contributed by atoms with Gasteiger partial charge in [0.2, 0.25) is 0 Å². The summed E-state index contributed by atoms with van der Waals surface area (Å²) in [6.07, 6.45) is 0.